The average Bonchev–Trinajstić information content (AvgIpc) is 2.77. The lowest BCUT2D eigenvalue weighted by molar-refractivity contribution is -0.138. The van der Waals surface area contributed by atoms with Crippen molar-refractivity contribution in [3.8, 4) is 17.2 Å². The van der Waals surface area contributed by atoms with Crippen LogP contribution in [0.25, 0.3) is 0 Å². The van der Waals surface area contributed by atoms with Crippen molar-refractivity contribution in [3.05, 3.63) is 77.9 Å². The van der Waals surface area contributed by atoms with Gasteiger partial charge in [-0.15, -0.1) is 0 Å². The van der Waals surface area contributed by atoms with E-state index < -0.39 is 27.5 Å². The highest BCUT2D eigenvalue weighted by atomic mass is 32.2. The van der Waals surface area contributed by atoms with Gasteiger partial charge in [0.1, 0.15) is 17.2 Å². The van der Waals surface area contributed by atoms with Crippen molar-refractivity contribution >= 4 is 15.8 Å². The van der Waals surface area contributed by atoms with Crippen LogP contribution in [0.1, 0.15) is 24.5 Å². The van der Waals surface area contributed by atoms with Crippen molar-refractivity contribution in [2.75, 3.05) is 6.61 Å². The predicted molar refractivity (Wildman–Crippen MR) is 117 cm³/mol. The molecule has 3 aromatic rings. The summed E-state index contributed by atoms with van der Waals surface area (Å²) in [5.41, 5.74) is -0.532. The van der Waals surface area contributed by atoms with Crippen LogP contribution in [0.3, 0.4) is 0 Å². The van der Waals surface area contributed by atoms with Gasteiger partial charge < -0.3 is 14.6 Å². The third-order valence-electron chi connectivity index (χ3n) is 4.63. The molecular formula is C24H21F3O6S. The Bertz CT molecular complexity index is 1250. The summed E-state index contributed by atoms with van der Waals surface area (Å²) in [5, 5.41) is 9.09. The lowest BCUT2D eigenvalue weighted by atomic mass is 10.1. The Morgan fingerprint density at radius 3 is 2.00 bits per heavy atom. The van der Waals surface area contributed by atoms with Gasteiger partial charge in [-0.25, -0.2) is 8.42 Å². The molecular weight excluding hydrogens is 473 g/mol. The van der Waals surface area contributed by atoms with Crippen LogP contribution in [0.5, 0.6) is 17.2 Å². The second kappa shape index (κ2) is 10.2. The van der Waals surface area contributed by atoms with Gasteiger partial charge in [0.05, 0.1) is 28.4 Å². The lowest BCUT2D eigenvalue weighted by Crippen LogP contribution is -2.07. The summed E-state index contributed by atoms with van der Waals surface area (Å²) in [6.07, 6.45) is -4.14. The molecule has 0 saturated carbocycles. The van der Waals surface area contributed by atoms with Crippen LogP contribution >= 0.6 is 0 Å². The van der Waals surface area contributed by atoms with Gasteiger partial charge in [0.25, 0.3) is 0 Å². The Hall–Kier alpha value is -3.53. The van der Waals surface area contributed by atoms with E-state index in [-0.39, 0.29) is 39.0 Å². The monoisotopic (exact) mass is 494 g/mol. The molecule has 0 fully saturated rings. The van der Waals surface area contributed by atoms with Crippen molar-refractivity contribution in [3.63, 3.8) is 0 Å². The number of halogens is 3. The second-order valence-corrected chi connectivity index (χ2v) is 9.28. The standard InChI is InChI=1S/C24H21F3O6S/c1-2-11-32-20-12-16(14-23(28)29)13-22(15-20)34(30,31)21-9-7-19(8-10-21)33-18-5-3-17(4-6-18)24(25,26)27/h3-10,12-13,15H,2,11,14H2,1H3,(H,28,29). The molecule has 0 aliphatic carbocycles. The van der Waals surface area contributed by atoms with Gasteiger partial charge in [-0.2, -0.15) is 13.2 Å². The zero-order valence-corrected chi connectivity index (χ0v) is 18.8. The summed E-state index contributed by atoms with van der Waals surface area (Å²) in [5.74, 6) is -0.477. The van der Waals surface area contributed by atoms with Crippen LogP contribution in [0.15, 0.2) is 76.5 Å². The summed E-state index contributed by atoms with van der Waals surface area (Å²) >= 11 is 0. The fraction of sp³-hybridized carbons (Fsp3) is 0.208. The predicted octanol–water partition coefficient (Wildman–Crippen LogP) is 5.75. The Balaban J connectivity index is 1.84. The molecule has 0 aliphatic heterocycles. The van der Waals surface area contributed by atoms with E-state index in [1.54, 1.807) is 0 Å². The van der Waals surface area contributed by atoms with E-state index in [9.17, 15) is 26.4 Å². The summed E-state index contributed by atoms with van der Waals surface area (Å²) in [6, 6.07) is 13.6. The highest BCUT2D eigenvalue weighted by molar-refractivity contribution is 7.91. The maximum Gasteiger partial charge on any atom is 0.416 e. The first-order valence-electron chi connectivity index (χ1n) is 10.2. The highest BCUT2D eigenvalue weighted by Crippen LogP contribution is 2.32. The number of carbonyl (C=O) groups is 1. The smallest absolute Gasteiger partial charge is 0.416 e. The summed E-state index contributed by atoms with van der Waals surface area (Å²) in [7, 11) is -4.01. The summed E-state index contributed by atoms with van der Waals surface area (Å²) < 4.78 is 75.4. The van der Waals surface area contributed by atoms with Gasteiger partial charge in [0.2, 0.25) is 9.84 Å². The van der Waals surface area contributed by atoms with Crippen LogP contribution in [-0.2, 0) is 27.2 Å². The van der Waals surface area contributed by atoms with E-state index >= 15 is 0 Å². The van der Waals surface area contributed by atoms with Crippen LogP contribution in [0, 0.1) is 0 Å². The first kappa shape index (κ1) is 25.1. The number of ether oxygens (including phenoxy) is 2. The topological polar surface area (TPSA) is 89.9 Å². The van der Waals surface area contributed by atoms with E-state index in [1.807, 2.05) is 6.92 Å². The molecule has 0 amide bonds. The van der Waals surface area contributed by atoms with E-state index in [2.05, 4.69) is 0 Å². The number of hydrogen-bond acceptors (Lipinski definition) is 5. The zero-order valence-electron chi connectivity index (χ0n) is 18.0. The number of hydrogen-bond donors (Lipinski definition) is 1. The number of benzene rings is 3. The minimum absolute atomic E-state index is 0.0683. The number of alkyl halides is 3. The first-order valence-corrected chi connectivity index (χ1v) is 11.7. The Morgan fingerprint density at radius 2 is 1.47 bits per heavy atom. The van der Waals surface area contributed by atoms with Gasteiger partial charge in [-0.1, -0.05) is 6.92 Å². The van der Waals surface area contributed by atoms with Gasteiger partial charge >= 0.3 is 12.1 Å². The van der Waals surface area contributed by atoms with Crippen molar-refractivity contribution in [1.82, 2.24) is 0 Å². The molecule has 10 heteroatoms. The SMILES string of the molecule is CCCOc1cc(CC(=O)O)cc(S(=O)(=O)c2ccc(Oc3ccc(C(F)(F)F)cc3)cc2)c1. The molecule has 0 atom stereocenters. The number of sulfone groups is 1. The number of rotatable bonds is 9. The van der Waals surface area contributed by atoms with Gasteiger partial charge in [0.15, 0.2) is 0 Å². The molecule has 1 N–H and O–H groups in total. The fourth-order valence-electron chi connectivity index (χ4n) is 3.04. The fourth-order valence-corrected chi connectivity index (χ4v) is 4.38. The highest BCUT2D eigenvalue weighted by Gasteiger charge is 2.30. The van der Waals surface area contributed by atoms with Crippen molar-refractivity contribution in [1.29, 1.82) is 0 Å². The Morgan fingerprint density at radius 1 is 0.882 bits per heavy atom. The molecule has 0 radical (unpaired) electrons. The molecule has 6 nitrogen and oxygen atoms in total. The van der Waals surface area contributed by atoms with Crippen LogP contribution in [-0.4, -0.2) is 26.1 Å². The largest absolute Gasteiger partial charge is 0.494 e. The Kier molecular flexibility index (Phi) is 7.51. The third kappa shape index (κ3) is 6.28. The molecule has 0 heterocycles. The molecule has 0 bridgehead atoms. The molecule has 0 unspecified atom stereocenters. The van der Waals surface area contributed by atoms with Crippen LogP contribution in [0.2, 0.25) is 0 Å². The van der Waals surface area contributed by atoms with Crippen molar-refractivity contribution in [2.45, 2.75) is 35.7 Å². The molecule has 3 aromatic carbocycles. The molecule has 0 saturated heterocycles. The van der Waals surface area contributed by atoms with Crippen LogP contribution in [0.4, 0.5) is 13.2 Å². The maximum atomic E-state index is 13.1. The van der Waals surface area contributed by atoms with Crippen molar-refractivity contribution in [2.24, 2.45) is 0 Å². The third-order valence-corrected chi connectivity index (χ3v) is 6.38. The van der Waals surface area contributed by atoms with Gasteiger partial charge in [-0.3, -0.25) is 4.79 Å². The quantitative estimate of drug-likeness (QED) is 0.408. The molecule has 3 rings (SSSR count). The second-order valence-electron chi connectivity index (χ2n) is 7.33. The van der Waals surface area contributed by atoms with Gasteiger partial charge in [-0.05, 0) is 78.7 Å². The first-order chi connectivity index (χ1) is 16.0. The Labute approximate surface area is 194 Å². The van der Waals surface area contributed by atoms with E-state index in [0.29, 0.717) is 13.0 Å². The number of aliphatic carboxylic acids is 1. The minimum Gasteiger partial charge on any atom is -0.494 e. The molecule has 0 aliphatic rings. The summed E-state index contributed by atoms with van der Waals surface area (Å²) in [4.78, 5) is 10.9. The molecule has 180 valence electrons. The van der Waals surface area contributed by atoms with E-state index in [1.165, 1.54) is 54.6 Å². The number of carboxylic acid groups (broad SMARTS) is 1. The molecule has 0 spiro atoms. The van der Waals surface area contributed by atoms with Crippen LogP contribution < -0.4 is 9.47 Å². The molecule has 34 heavy (non-hydrogen) atoms. The van der Waals surface area contributed by atoms with E-state index in [4.69, 9.17) is 14.6 Å². The number of carboxylic acids is 1. The molecule has 0 aromatic heterocycles. The maximum absolute atomic E-state index is 13.1. The average molecular weight is 494 g/mol. The normalized spacial score (nSPS) is 11.8. The van der Waals surface area contributed by atoms with E-state index in [0.717, 1.165) is 12.1 Å². The van der Waals surface area contributed by atoms with Gasteiger partial charge in [0, 0.05) is 0 Å². The lowest BCUT2D eigenvalue weighted by Gasteiger charge is -2.12. The minimum atomic E-state index is -4.46. The summed E-state index contributed by atoms with van der Waals surface area (Å²) in [6.45, 7) is 2.22. The zero-order chi connectivity index (χ0) is 24.9. The van der Waals surface area contributed by atoms with Crippen molar-refractivity contribution < 1.29 is 41.0 Å².